The molecule has 1 unspecified atom stereocenters. The zero-order chi connectivity index (χ0) is 15.8. The third-order valence-corrected chi connectivity index (χ3v) is 4.08. The number of amides is 1. The Hall–Kier alpha value is -1.86. The summed E-state index contributed by atoms with van der Waals surface area (Å²) in [6, 6.07) is 9.81. The van der Waals surface area contributed by atoms with Crippen LogP contribution < -0.4 is 5.32 Å². The van der Waals surface area contributed by atoms with E-state index in [9.17, 15) is 4.79 Å². The molecule has 0 aliphatic heterocycles. The summed E-state index contributed by atoms with van der Waals surface area (Å²) in [4.78, 5) is 12.1. The summed E-state index contributed by atoms with van der Waals surface area (Å²) in [6.07, 6.45) is 2.46. The molecular formula is C15H20N4O2S. The van der Waals surface area contributed by atoms with Crippen molar-refractivity contribution >= 4 is 17.7 Å². The molecule has 0 spiro atoms. The first kappa shape index (κ1) is 16.5. The van der Waals surface area contributed by atoms with Gasteiger partial charge in [0.05, 0.1) is 5.25 Å². The highest BCUT2D eigenvalue weighted by molar-refractivity contribution is 8.00. The molecule has 1 amide bonds. The van der Waals surface area contributed by atoms with Crippen LogP contribution in [0, 0.1) is 0 Å². The van der Waals surface area contributed by atoms with Crippen LogP contribution in [0.4, 0.5) is 0 Å². The van der Waals surface area contributed by atoms with Crippen molar-refractivity contribution in [2.45, 2.75) is 23.8 Å². The van der Waals surface area contributed by atoms with Crippen LogP contribution in [0.15, 0.2) is 41.8 Å². The van der Waals surface area contributed by atoms with E-state index in [0.717, 1.165) is 12.1 Å². The Bertz CT molecular complexity index is 588. The number of hydrogen-bond donors (Lipinski definition) is 1. The van der Waals surface area contributed by atoms with Crippen LogP contribution in [-0.2, 0) is 9.53 Å². The van der Waals surface area contributed by atoms with E-state index in [-0.39, 0.29) is 11.2 Å². The van der Waals surface area contributed by atoms with Gasteiger partial charge < -0.3 is 10.1 Å². The smallest absolute Gasteiger partial charge is 0.233 e. The zero-order valence-electron chi connectivity index (χ0n) is 12.7. The van der Waals surface area contributed by atoms with Crippen molar-refractivity contribution in [2.75, 3.05) is 20.3 Å². The highest BCUT2D eigenvalue weighted by atomic mass is 32.2. The fourth-order valence-corrected chi connectivity index (χ4v) is 2.72. The molecule has 0 radical (unpaired) electrons. The van der Waals surface area contributed by atoms with Crippen LogP contribution in [0.2, 0.25) is 0 Å². The van der Waals surface area contributed by atoms with Crippen molar-refractivity contribution in [2.24, 2.45) is 0 Å². The third-order valence-electron chi connectivity index (χ3n) is 3.03. The lowest BCUT2D eigenvalue weighted by Gasteiger charge is -2.12. The fraction of sp³-hybridized carbons (Fsp3) is 0.400. The predicted octanol–water partition coefficient (Wildman–Crippen LogP) is 1.90. The van der Waals surface area contributed by atoms with Gasteiger partial charge in [-0.05, 0) is 25.5 Å². The predicted molar refractivity (Wildman–Crippen MR) is 86.2 cm³/mol. The number of methoxy groups -OCH3 is 1. The molecule has 1 atom stereocenters. The standard InChI is InChI=1S/C15H20N4O2S/c1-12(14(20)16-9-6-10-21-2)22-15-18-17-11-19(15)13-7-4-3-5-8-13/h3-5,7-8,11-12H,6,9-10H2,1-2H3,(H,16,20). The van der Waals surface area contributed by atoms with Crippen molar-refractivity contribution in [3.05, 3.63) is 36.7 Å². The van der Waals surface area contributed by atoms with Gasteiger partial charge in [0.25, 0.3) is 0 Å². The molecule has 1 aromatic heterocycles. The van der Waals surface area contributed by atoms with E-state index in [1.807, 2.05) is 41.8 Å². The Morgan fingerprint density at radius 2 is 2.18 bits per heavy atom. The SMILES string of the molecule is COCCCNC(=O)C(C)Sc1nncn1-c1ccccc1. The normalized spacial score (nSPS) is 12.1. The van der Waals surface area contributed by atoms with Gasteiger partial charge in [-0.15, -0.1) is 10.2 Å². The Kier molecular flexibility index (Phi) is 6.42. The summed E-state index contributed by atoms with van der Waals surface area (Å²) in [6.45, 7) is 3.12. The van der Waals surface area contributed by atoms with Gasteiger partial charge in [0.15, 0.2) is 5.16 Å². The average molecular weight is 320 g/mol. The second-order valence-electron chi connectivity index (χ2n) is 4.72. The third kappa shape index (κ3) is 4.57. The van der Waals surface area contributed by atoms with Gasteiger partial charge in [0.2, 0.25) is 5.91 Å². The molecule has 2 rings (SSSR count). The molecule has 0 saturated heterocycles. The molecule has 0 saturated carbocycles. The maximum Gasteiger partial charge on any atom is 0.233 e. The van der Waals surface area contributed by atoms with E-state index < -0.39 is 0 Å². The maximum atomic E-state index is 12.1. The zero-order valence-corrected chi connectivity index (χ0v) is 13.5. The van der Waals surface area contributed by atoms with Crippen molar-refractivity contribution in [1.29, 1.82) is 0 Å². The van der Waals surface area contributed by atoms with E-state index in [1.54, 1.807) is 13.4 Å². The van der Waals surface area contributed by atoms with E-state index in [1.165, 1.54) is 11.8 Å². The van der Waals surface area contributed by atoms with Crippen LogP contribution in [0.1, 0.15) is 13.3 Å². The summed E-state index contributed by atoms with van der Waals surface area (Å²) in [5.74, 6) is -0.0104. The van der Waals surface area contributed by atoms with E-state index >= 15 is 0 Å². The Labute approximate surface area is 134 Å². The van der Waals surface area contributed by atoms with Crippen LogP contribution in [0.25, 0.3) is 5.69 Å². The van der Waals surface area contributed by atoms with Crippen molar-refractivity contribution in [3.63, 3.8) is 0 Å². The summed E-state index contributed by atoms with van der Waals surface area (Å²) < 4.78 is 6.83. The number of hydrogen-bond acceptors (Lipinski definition) is 5. The van der Waals surface area contributed by atoms with Crippen LogP contribution in [0.5, 0.6) is 0 Å². The van der Waals surface area contributed by atoms with Crippen LogP contribution in [-0.4, -0.2) is 46.2 Å². The number of carbonyl (C=O) groups excluding carboxylic acids is 1. The first-order valence-electron chi connectivity index (χ1n) is 7.11. The molecule has 22 heavy (non-hydrogen) atoms. The molecule has 6 nitrogen and oxygen atoms in total. The fourth-order valence-electron chi connectivity index (χ4n) is 1.85. The first-order chi connectivity index (χ1) is 10.7. The molecule has 0 aliphatic rings. The highest BCUT2D eigenvalue weighted by Crippen LogP contribution is 2.23. The van der Waals surface area contributed by atoms with Gasteiger partial charge in [-0.1, -0.05) is 30.0 Å². The Morgan fingerprint density at radius 1 is 1.41 bits per heavy atom. The molecule has 0 bridgehead atoms. The van der Waals surface area contributed by atoms with E-state index in [0.29, 0.717) is 18.3 Å². The van der Waals surface area contributed by atoms with Crippen LogP contribution >= 0.6 is 11.8 Å². The number of nitrogens with zero attached hydrogens (tertiary/aromatic N) is 3. The molecule has 1 aromatic carbocycles. The lowest BCUT2D eigenvalue weighted by atomic mass is 10.3. The van der Waals surface area contributed by atoms with Gasteiger partial charge in [-0.3, -0.25) is 9.36 Å². The topological polar surface area (TPSA) is 69.0 Å². The number of rotatable bonds is 8. The lowest BCUT2D eigenvalue weighted by Crippen LogP contribution is -2.32. The van der Waals surface area contributed by atoms with Crippen molar-refractivity contribution in [3.8, 4) is 5.69 Å². The van der Waals surface area contributed by atoms with Crippen molar-refractivity contribution < 1.29 is 9.53 Å². The maximum absolute atomic E-state index is 12.1. The summed E-state index contributed by atoms with van der Waals surface area (Å²) in [5.41, 5.74) is 0.975. The highest BCUT2D eigenvalue weighted by Gasteiger charge is 2.17. The van der Waals surface area contributed by atoms with Gasteiger partial charge in [0, 0.05) is 25.9 Å². The Balaban J connectivity index is 1.94. The number of nitrogens with one attached hydrogen (secondary N) is 1. The minimum atomic E-state index is -0.241. The van der Waals surface area contributed by atoms with Gasteiger partial charge in [-0.2, -0.15) is 0 Å². The molecular weight excluding hydrogens is 300 g/mol. The van der Waals surface area contributed by atoms with Gasteiger partial charge in [-0.25, -0.2) is 0 Å². The van der Waals surface area contributed by atoms with Gasteiger partial charge in [0.1, 0.15) is 6.33 Å². The number of ether oxygens (including phenoxy) is 1. The van der Waals surface area contributed by atoms with Gasteiger partial charge >= 0.3 is 0 Å². The minimum Gasteiger partial charge on any atom is -0.385 e. The van der Waals surface area contributed by atoms with E-state index in [2.05, 4.69) is 15.5 Å². The number of para-hydroxylation sites is 1. The second kappa shape index (κ2) is 8.55. The number of thioether (sulfide) groups is 1. The molecule has 0 fully saturated rings. The number of benzene rings is 1. The molecule has 118 valence electrons. The summed E-state index contributed by atoms with van der Waals surface area (Å²) in [5, 5.41) is 11.4. The number of carbonyl (C=O) groups is 1. The lowest BCUT2D eigenvalue weighted by molar-refractivity contribution is -0.120. The number of aromatic nitrogens is 3. The molecule has 1 heterocycles. The largest absolute Gasteiger partial charge is 0.385 e. The summed E-state index contributed by atoms with van der Waals surface area (Å²) in [7, 11) is 1.65. The summed E-state index contributed by atoms with van der Waals surface area (Å²) >= 11 is 1.39. The Morgan fingerprint density at radius 3 is 2.91 bits per heavy atom. The molecule has 2 aromatic rings. The monoisotopic (exact) mass is 320 g/mol. The van der Waals surface area contributed by atoms with E-state index in [4.69, 9.17) is 4.74 Å². The van der Waals surface area contributed by atoms with Crippen molar-refractivity contribution in [1.82, 2.24) is 20.1 Å². The quantitative estimate of drug-likeness (QED) is 0.594. The first-order valence-corrected chi connectivity index (χ1v) is 7.99. The minimum absolute atomic E-state index is 0.0104. The molecule has 0 aliphatic carbocycles. The second-order valence-corrected chi connectivity index (χ2v) is 6.02. The molecule has 7 heteroatoms. The average Bonchev–Trinajstić information content (AvgIpc) is 3.00. The molecule has 1 N–H and O–H groups in total. The van der Waals surface area contributed by atoms with Crippen LogP contribution in [0.3, 0.4) is 0 Å².